The van der Waals surface area contributed by atoms with Crippen molar-refractivity contribution in [1.29, 1.82) is 0 Å². The Morgan fingerprint density at radius 3 is 1.00 bits per heavy atom. The Kier molecular flexibility index (Phi) is 11.0. The predicted molar refractivity (Wildman–Crippen MR) is 123 cm³/mol. The highest BCUT2D eigenvalue weighted by Crippen LogP contribution is 2.17. The topological polar surface area (TPSA) is 27.7 Å². The van der Waals surface area contributed by atoms with Crippen LogP contribution in [0.2, 0.25) is 0 Å². The van der Waals surface area contributed by atoms with Crippen LogP contribution in [0.15, 0.2) is 72.8 Å². The third-order valence-corrected chi connectivity index (χ3v) is 4.30. The molecule has 3 aromatic rings. The molecule has 3 aromatic carbocycles. The number of ether oxygens (including phenoxy) is 3. The number of methoxy groups -OCH3 is 3. The maximum absolute atomic E-state index is 5.05. The van der Waals surface area contributed by atoms with Gasteiger partial charge in [0.25, 0.3) is 0 Å². The van der Waals surface area contributed by atoms with Gasteiger partial charge in [-0.25, -0.2) is 0 Å². The van der Waals surface area contributed by atoms with Gasteiger partial charge in [0.05, 0.1) is 21.3 Å². The molecule has 0 saturated heterocycles. The summed E-state index contributed by atoms with van der Waals surface area (Å²) in [5, 5.41) is 0. The standard InChI is InChI=1S/C10H14O.2C8H10O/c1-8(2)9-4-6-10(11-3)7-5-9;2*1-7-3-5-8(9-2)6-4-7/h4-8H,1-3H3;2*3-6H,1-2H3. The summed E-state index contributed by atoms with van der Waals surface area (Å²) in [7, 11) is 5.03. The molecule has 0 atom stereocenters. The molecular weight excluding hydrogens is 360 g/mol. The molecule has 3 rings (SSSR count). The number of hydrogen-bond donors (Lipinski definition) is 0. The van der Waals surface area contributed by atoms with Gasteiger partial charge in [-0.15, -0.1) is 0 Å². The fourth-order valence-electron chi connectivity index (χ4n) is 2.34. The molecule has 0 heterocycles. The highest BCUT2D eigenvalue weighted by atomic mass is 16.5. The van der Waals surface area contributed by atoms with Crippen molar-refractivity contribution in [3.63, 3.8) is 0 Å². The molecule has 0 amide bonds. The van der Waals surface area contributed by atoms with E-state index in [1.165, 1.54) is 16.7 Å². The minimum Gasteiger partial charge on any atom is -0.497 e. The molecule has 0 N–H and O–H groups in total. The lowest BCUT2D eigenvalue weighted by atomic mass is 10.0. The van der Waals surface area contributed by atoms with Crippen LogP contribution in [0, 0.1) is 13.8 Å². The summed E-state index contributed by atoms with van der Waals surface area (Å²) in [5.74, 6) is 3.36. The van der Waals surface area contributed by atoms with Crippen LogP contribution < -0.4 is 14.2 Å². The van der Waals surface area contributed by atoms with Gasteiger partial charge in [-0.3, -0.25) is 0 Å². The van der Waals surface area contributed by atoms with Crippen molar-refractivity contribution in [3.8, 4) is 17.2 Å². The molecule has 0 aliphatic rings. The highest BCUT2D eigenvalue weighted by molar-refractivity contribution is 5.29. The molecule has 0 unspecified atom stereocenters. The normalized spacial score (nSPS) is 9.52. The molecular formula is C26H34O3. The Morgan fingerprint density at radius 1 is 0.483 bits per heavy atom. The van der Waals surface area contributed by atoms with E-state index in [9.17, 15) is 0 Å². The smallest absolute Gasteiger partial charge is 0.118 e. The molecule has 0 radical (unpaired) electrons. The van der Waals surface area contributed by atoms with Crippen LogP contribution in [0.4, 0.5) is 0 Å². The van der Waals surface area contributed by atoms with Crippen molar-refractivity contribution in [3.05, 3.63) is 89.5 Å². The summed E-state index contributed by atoms with van der Waals surface area (Å²) >= 11 is 0. The van der Waals surface area contributed by atoms with Gasteiger partial charge in [0.2, 0.25) is 0 Å². The van der Waals surface area contributed by atoms with Crippen LogP contribution in [0.5, 0.6) is 17.2 Å². The predicted octanol–water partition coefficient (Wildman–Crippen LogP) is 6.83. The maximum Gasteiger partial charge on any atom is 0.118 e. The number of rotatable bonds is 4. The summed E-state index contributed by atoms with van der Waals surface area (Å²) in [4.78, 5) is 0. The van der Waals surface area contributed by atoms with Crippen molar-refractivity contribution < 1.29 is 14.2 Å². The Morgan fingerprint density at radius 2 is 0.759 bits per heavy atom. The molecule has 156 valence electrons. The van der Waals surface area contributed by atoms with Gasteiger partial charge in [0, 0.05) is 0 Å². The lowest BCUT2D eigenvalue weighted by Gasteiger charge is -2.05. The molecule has 0 aliphatic carbocycles. The summed E-state index contributed by atoms with van der Waals surface area (Å²) < 4.78 is 15.0. The molecule has 0 aliphatic heterocycles. The second-order valence-corrected chi connectivity index (χ2v) is 6.96. The zero-order valence-electron chi connectivity index (χ0n) is 18.7. The van der Waals surface area contributed by atoms with Crippen molar-refractivity contribution in [2.45, 2.75) is 33.6 Å². The fourth-order valence-corrected chi connectivity index (χ4v) is 2.34. The average Bonchev–Trinajstić information content (AvgIpc) is 2.76. The first-order chi connectivity index (χ1) is 13.9. The Balaban J connectivity index is 0.000000219. The van der Waals surface area contributed by atoms with Gasteiger partial charge in [-0.05, 0) is 61.7 Å². The second-order valence-electron chi connectivity index (χ2n) is 6.96. The molecule has 0 saturated carbocycles. The first kappa shape index (κ1) is 24.1. The van der Waals surface area contributed by atoms with Gasteiger partial charge in [-0.2, -0.15) is 0 Å². The zero-order chi connectivity index (χ0) is 21.6. The summed E-state index contributed by atoms with van der Waals surface area (Å²) in [6, 6.07) is 24.1. The van der Waals surface area contributed by atoms with Crippen LogP contribution >= 0.6 is 0 Å². The van der Waals surface area contributed by atoms with Gasteiger partial charge in [-0.1, -0.05) is 61.4 Å². The van der Waals surface area contributed by atoms with E-state index in [4.69, 9.17) is 14.2 Å². The van der Waals surface area contributed by atoms with Crippen LogP contribution in [0.3, 0.4) is 0 Å². The van der Waals surface area contributed by atoms with E-state index in [1.807, 2.05) is 60.7 Å². The Hall–Kier alpha value is -2.94. The lowest BCUT2D eigenvalue weighted by Crippen LogP contribution is -1.87. The van der Waals surface area contributed by atoms with Crippen LogP contribution in [-0.2, 0) is 0 Å². The average molecular weight is 395 g/mol. The minimum absolute atomic E-state index is 0.598. The fraction of sp³-hybridized carbons (Fsp3) is 0.308. The lowest BCUT2D eigenvalue weighted by molar-refractivity contribution is 0.414. The molecule has 0 aromatic heterocycles. The molecule has 0 fully saturated rings. The number of aryl methyl sites for hydroxylation is 2. The Bertz CT molecular complexity index is 743. The number of benzene rings is 3. The SMILES string of the molecule is COc1ccc(C(C)C)cc1.COc1ccc(C)cc1.COc1ccc(C)cc1. The van der Waals surface area contributed by atoms with E-state index in [0.717, 1.165) is 17.2 Å². The zero-order valence-corrected chi connectivity index (χ0v) is 18.7. The third-order valence-electron chi connectivity index (χ3n) is 4.30. The summed E-state index contributed by atoms with van der Waals surface area (Å²) in [5.41, 5.74) is 3.87. The molecule has 3 heteroatoms. The van der Waals surface area contributed by atoms with Gasteiger partial charge in [0.15, 0.2) is 0 Å². The van der Waals surface area contributed by atoms with E-state index in [1.54, 1.807) is 21.3 Å². The monoisotopic (exact) mass is 394 g/mol. The van der Waals surface area contributed by atoms with Gasteiger partial charge < -0.3 is 14.2 Å². The Labute approximate surface area is 176 Å². The summed E-state index contributed by atoms with van der Waals surface area (Å²) in [6.45, 7) is 8.47. The van der Waals surface area contributed by atoms with Crippen LogP contribution in [0.25, 0.3) is 0 Å². The molecule has 29 heavy (non-hydrogen) atoms. The number of hydrogen-bond acceptors (Lipinski definition) is 3. The maximum atomic E-state index is 5.05. The van der Waals surface area contributed by atoms with Crippen LogP contribution in [0.1, 0.15) is 36.5 Å². The first-order valence-electron chi connectivity index (χ1n) is 9.74. The summed E-state index contributed by atoms with van der Waals surface area (Å²) in [6.07, 6.45) is 0. The quantitative estimate of drug-likeness (QED) is 0.485. The minimum atomic E-state index is 0.598. The van der Waals surface area contributed by atoms with Crippen molar-refractivity contribution in [1.82, 2.24) is 0 Å². The van der Waals surface area contributed by atoms with Gasteiger partial charge >= 0.3 is 0 Å². The van der Waals surface area contributed by atoms with Crippen LogP contribution in [-0.4, -0.2) is 21.3 Å². The highest BCUT2D eigenvalue weighted by Gasteiger charge is 1.97. The van der Waals surface area contributed by atoms with E-state index < -0.39 is 0 Å². The van der Waals surface area contributed by atoms with E-state index in [-0.39, 0.29) is 0 Å². The molecule has 0 bridgehead atoms. The van der Waals surface area contributed by atoms with E-state index in [0.29, 0.717) is 5.92 Å². The first-order valence-corrected chi connectivity index (χ1v) is 9.74. The van der Waals surface area contributed by atoms with E-state index in [2.05, 4.69) is 39.8 Å². The van der Waals surface area contributed by atoms with Gasteiger partial charge in [0.1, 0.15) is 17.2 Å². The van der Waals surface area contributed by atoms with E-state index >= 15 is 0 Å². The van der Waals surface area contributed by atoms with Crippen molar-refractivity contribution in [2.75, 3.05) is 21.3 Å². The largest absolute Gasteiger partial charge is 0.497 e. The molecule has 0 spiro atoms. The van der Waals surface area contributed by atoms with Crippen molar-refractivity contribution >= 4 is 0 Å². The van der Waals surface area contributed by atoms with Crippen molar-refractivity contribution in [2.24, 2.45) is 0 Å². The second kappa shape index (κ2) is 13.3. The third kappa shape index (κ3) is 9.70. The molecule has 3 nitrogen and oxygen atoms in total.